The van der Waals surface area contributed by atoms with Crippen LogP contribution in [0.3, 0.4) is 0 Å². The van der Waals surface area contributed by atoms with Crippen LogP contribution in [-0.4, -0.2) is 34.0 Å². The molecule has 5 nitrogen and oxygen atoms in total. The summed E-state index contributed by atoms with van der Waals surface area (Å²) in [6.45, 7) is 3.90. The van der Waals surface area contributed by atoms with E-state index in [0.29, 0.717) is 11.1 Å². The standard InChI is InChI=1S/C20H19F3N2O3/c1-19(2,3)28-18(26)25-10-14-7-6-13(9-15(14)11-25)16-5-4-8-24-17(16)27-12-20(21,22)23/h4-11H,12H2,1-3H3. The van der Waals surface area contributed by atoms with E-state index in [9.17, 15) is 18.0 Å². The van der Waals surface area contributed by atoms with E-state index < -0.39 is 24.5 Å². The van der Waals surface area contributed by atoms with Crippen molar-refractivity contribution < 1.29 is 27.4 Å². The number of nitrogens with zero attached hydrogens (tertiary/aromatic N) is 2. The normalized spacial score (nSPS) is 12.2. The van der Waals surface area contributed by atoms with Crippen LogP contribution in [-0.2, 0) is 4.74 Å². The number of alkyl halides is 3. The Hall–Kier alpha value is -3.03. The van der Waals surface area contributed by atoms with Crippen molar-refractivity contribution in [2.75, 3.05) is 6.61 Å². The minimum Gasteiger partial charge on any atom is -0.468 e. The average Bonchev–Trinajstić information content (AvgIpc) is 3.01. The smallest absolute Gasteiger partial charge is 0.422 e. The molecule has 8 heteroatoms. The summed E-state index contributed by atoms with van der Waals surface area (Å²) in [4.78, 5) is 16.1. The van der Waals surface area contributed by atoms with Crippen molar-refractivity contribution in [2.24, 2.45) is 0 Å². The van der Waals surface area contributed by atoms with Gasteiger partial charge < -0.3 is 9.47 Å². The number of fused-ring (bicyclic) bond motifs is 1. The van der Waals surface area contributed by atoms with Gasteiger partial charge in [0.1, 0.15) is 5.60 Å². The molecule has 1 aromatic carbocycles. The van der Waals surface area contributed by atoms with Gasteiger partial charge in [0, 0.05) is 34.9 Å². The minimum absolute atomic E-state index is 0.106. The fraction of sp³-hybridized carbons (Fsp3) is 0.300. The molecule has 0 saturated carbocycles. The molecule has 28 heavy (non-hydrogen) atoms. The van der Waals surface area contributed by atoms with Crippen LogP contribution in [0.25, 0.3) is 21.9 Å². The van der Waals surface area contributed by atoms with Crippen LogP contribution in [0.2, 0.25) is 0 Å². The summed E-state index contributed by atoms with van der Waals surface area (Å²) in [5, 5.41) is 1.52. The molecule has 0 amide bonds. The second-order valence-corrected chi connectivity index (χ2v) is 7.25. The summed E-state index contributed by atoms with van der Waals surface area (Å²) in [6.07, 6.45) is -0.353. The van der Waals surface area contributed by atoms with Gasteiger partial charge in [-0.05, 0) is 44.5 Å². The predicted molar refractivity (Wildman–Crippen MR) is 98.4 cm³/mol. The number of ether oxygens (including phenoxy) is 2. The molecule has 0 saturated heterocycles. The lowest BCUT2D eigenvalue weighted by Gasteiger charge is -2.19. The third-order valence-electron chi connectivity index (χ3n) is 3.70. The first kappa shape index (κ1) is 19.7. The lowest BCUT2D eigenvalue weighted by Crippen LogP contribution is -2.26. The molecule has 148 valence electrons. The van der Waals surface area contributed by atoms with Gasteiger partial charge in [0.25, 0.3) is 0 Å². The molecule has 0 unspecified atom stereocenters. The Labute approximate surface area is 159 Å². The van der Waals surface area contributed by atoms with Gasteiger partial charge in [-0.25, -0.2) is 9.78 Å². The van der Waals surface area contributed by atoms with E-state index >= 15 is 0 Å². The van der Waals surface area contributed by atoms with Gasteiger partial charge in [-0.2, -0.15) is 13.2 Å². The first-order valence-electron chi connectivity index (χ1n) is 8.52. The number of halogens is 3. The van der Waals surface area contributed by atoms with Gasteiger partial charge in [0.15, 0.2) is 6.61 Å². The molecule has 0 aliphatic heterocycles. The summed E-state index contributed by atoms with van der Waals surface area (Å²) >= 11 is 0. The topological polar surface area (TPSA) is 53.4 Å². The molecule has 0 bridgehead atoms. The van der Waals surface area contributed by atoms with Crippen LogP contribution in [0, 0.1) is 0 Å². The molecule has 0 aliphatic rings. The van der Waals surface area contributed by atoms with Gasteiger partial charge in [-0.15, -0.1) is 0 Å². The van der Waals surface area contributed by atoms with Gasteiger partial charge in [-0.3, -0.25) is 4.57 Å². The second kappa shape index (κ2) is 7.18. The largest absolute Gasteiger partial charge is 0.468 e. The number of hydrogen-bond donors (Lipinski definition) is 0. The first-order valence-corrected chi connectivity index (χ1v) is 8.52. The average molecular weight is 392 g/mol. The van der Waals surface area contributed by atoms with Crippen LogP contribution in [0.1, 0.15) is 20.8 Å². The number of rotatable bonds is 3. The maximum Gasteiger partial charge on any atom is 0.422 e. The molecule has 0 N–H and O–H groups in total. The summed E-state index contributed by atoms with van der Waals surface area (Å²) in [7, 11) is 0. The highest BCUT2D eigenvalue weighted by Crippen LogP contribution is 2.31. The molecule has 2 heterocycles. The van der Waals surface area contributed by atoms with Crippen molar-refractivity contribution in [3.05, 3.63) is 48.9 Å². The van der Waals surface area contributed by atoms with E-state index in [4.69, 9.17) is 9.47 Å². The minimum atomic E-state index is -4.45. The van der Waals surface area contributed by atoms with Crippen LogP contribution in [0.5, 0.6) is 5.88 Å². The number of aromatic nitrogens is 2. The summed E-state index contributed by atoms with van der Waals surface area (Å²) in [5.41, 5.74) is 0.428. The summed E-state index contributed by atoms with van der Waals surface area (Å²) in [6, 6.07) is 8.51. The van der Waals surface area contributed by atoms with E-state index in [0.717, 1.165) is 10.8 Å². The molecule has 0 radical (unpaired) electrons. The van der Waals surface area contributed by atoms with Crippen molar-refractivity contribution in [1.82, 2.24) is 9.55 Å². The second-order valence-electron chi connectivity index (χ2n) is 7.25. The molecule has 0 fully saturated rings. The maximum absolute atomic E-state index is 12.5. The van der Waals surface area contributed by atoms with Crippen LogP contribution in [0.15, 0.2) is 48.9 Å². The number of hydrogen-bond acceptors (Lipinski definition) is 4. The van der Waals surface area contributed by atoms with Crippen molar-refractivity contribution in [3.8, 4) is 17.0 Å². The highest BCUT2D eigenvalue weighted by molar-refractivity contribution is 5.90. The van der Waals surface area contributed by atoms with Gasteiger partial charge in [0.05, 0.1) is 0 Å². The highest BCUT2D eigenvalue weighted by atomic mass is 19.4. The number of benzene rings is 1. The van der Waals surface area contributed by atoms with Crippen molar-refractivity contribution in [1.29, 1.82) is 0 Å². The zero-order valence-corrected chi connectivity index (χ0v) is 15.6. The van der Waals surface area contributed by atoms with E-state index in [1.165, 1.54) is 10.8 Å². The lowest BCUT2D eigenvalue weighted by molar-refractivity contribution is -0.154. The van der Waals surface area contributed by atoms with Crippen LogP contribution in [0.4, 0.5) is 18.0 Å². The van der Waals surface area contributed by atoms with Crippen molar-refractivity contribution >= 4 is 16.9 Å². The first-order chi connectivity index (χ1) is 13.0. The Balaban J connectivity index is 1.92. The quantitative estimate of drug-likeness (QED) is 0.597. The summed E-state index contributed by atoms with van der Waals surface area (Å²) < 4.78 is 49.0. The molecule has 3 aromatic rings. The zero-order chi connectivity index (χ0) is 20.5. The molecule has 2 aromatic heterocycles. The summed E-state index contributed by atoms with van der Waals surface area (Å²) in [5.74, 6) is -0.106. The van der Waals surface area contributed by atoms with E-state index in [1.807, 2.05) is 0 Å². The Morgan fingerprint density at radius 1 is 1.11 bits per heavy atom. The Bertz CT molecular complexity index is 1000. The molecule has 0 atom stereocenters. The fourth-order valence-corrected chi connectivity index (χ4v) is 2.60. The third kappa shape index (κ3) is 4.82. The highest BCUT2D eigenvalue weighted by Gasteiger charge is 2.29. The number of carbonyl (C=O) groups is 1. The maximum atomic E-state index is 12.5. The molecular formula is C20H19F3N2O3. The fourth-order valence-electron chi connectivity index (χ4n) is 2.60. The Morgan fingerprint density at radius 3 is 2.50 bits per heavy atom. The van der Waals surface area contributed by atoms with Gasteiger partial charge >= 0.3 is 12.3 Å². The van der Waals surface area contributed by atoms with Gasteiger partial charge in [0.2, 0.25) is 5.88 Å². The molecule has 0 aliphatic carbocycles. The molecule has 0 spiro atoms. The van der Waals surface area contributed by atoms with E-state index in [1.54, 1.807) is 63.5 Å². The molecule has 3 rings (SSSR count). The zero-order valence-electron chi connectivity index (χ0n) is 15.6. The third-order valence-corrected chi connectivity index (χ3v) is 3.70. The Morgan fingerprint density at radius 2 is 1.82 bits per heavy atom. The van der Waals surface area contributed by atoms with E-state index in [-0.39, 0.29) is 5.88 Å². The predicted octanol–water partition coefficient (Wildman–Crippen LogP) is 5.43. The Kier molecular flexibility index (Phi) is 5.06. The van der Waals surface area contributed by atoms with E-state index in [2.05, 4.69) is 4.98 Å². The SMILES string of the molecule is CC(C)(C)OC(=O)n1cc2ccc(-c3cccnc3OCC(F)(F)F)cc2c1. The molecular weight excluding hydrogens is 373 g/mol. The number of carbonyl (C=O) groups excluding carboxylic acids is 1. The monoisotopic (exact) mass is 392 g/mol. The van der Waals surface area contributed by atoms with Crippen molar-refractivity contribution in [3.63, 3.8) is 0 Å². The van der Waals surface area contributed by atoms with Crippen molar-refractivity contribution in [2.45, 2.75) is 32.5 Å². The van der Waals surface area contributed by atoms with Crippen LogP contribution >= 0.6 is 0 Å². The number of pyridine rings is 1. The lowest BCUT2D eigenvalue weighted by atomic mass is 10.0. The van der Waals surface area contributed by atoms with Gasteiger partial charge in [-0.1, -0.05) is 12.1 Å². The van der Waals surface area contributed by atoms with Crippen LogP contribution < -0.4 is 4.74 Å².